The van der Waals surface area contributed by atoms with Crippen LogP contribution in [0.1, 0.15) is 29.9 Å². The fourth-order valence-corrected chi connectivity index (χ4v) is 3.00. The molecule has 23 heavy (non-hydrogen) atoms. The molecule has 1 amide bonds. The van der Waals surface area contributed by atoms with E-state index >= 15 is 0 Å². The number of nitrogens with one attached hydrogen (secondary N) is 1. The highest BCUT2D eigenvalue weighted by Crippen LogP contribution is 2.30. The number of hydrogen-bond donors (Lipinski definition) is 1. The van der Waals surface area contributed by atoms with Gasteiger partial charge in [-0.15, -0.1) is 5.10 Å². The third-order valence-electron chi connectivity index (χ3n) is 4.28. The lowest BCUT2D eigenvalue weighted by Gasteiger charge is -2.39. The van der Waals surface area contributed by atoms with Gasteiger partial charge in [0, 0.05) is 13.1 Å². The lowest BCUT2D eigenvalue weighted by Crippen LogP contribution is -2.57. The Kier molecular flexibility index (Phi) is 4.28. The highest BCUT2D eigenvalue weighted by Gasteiger charge is 2.49. The van der Waals surface area contributed by atoms with Crippen LogP contribution in [-0.4, -0.2) is 70.4 Å². The number of carbonyl (C=O) groups excluding carboxylic acids is 1. The molecule has 2 aliphatic heterocycles. The zero-order chi connectivity index (χ0) is 16.6. The number of morpholine rings is 1. The van der Waals surface area contributed by atoms with Crippen molar-refractivity contribution >= 4 is 5.91 Å². The van der Waals surface area contributed by atoms with Crippen molar-refractivity contribution in [3.05, 3.63) is 11.9 Å². The van der Waals surface area contributed by atoms with E-state index in [1.807, 2.05) is 0 Å². The molecule has 128 valence electrons. The highest BCUT2D eigenvalue weighted by atomic mass is 19.4. The number of rotatable bonds is 2. The van der Waals surface area contributed by atoms with Crippen molar-refractivity contribution in [2.24, 2.45) is 0 Å². The third kappa shape index (κ3) is 3.18. The highest BCUT2D eigenvalue weighted by molar-refractivity contribution is 5.92. The molecule has 2 aliphatic rings. The molecule has 7 nitrogen and oxygen atoms in total. The average Bonchev–Trinajstić information content (AvgIpc) is 3.16. The molecule has 3 rings (SSSR count). The SMILES string of the molecule is C[C@@H]1[C@H](C(F)(F)F)OCCN1C(=O)c1cn(C2CCNC2)nn1. The molecule has 3 heterocycles. The topological polar surface area (TPSA) is 72.3 Å². The van der Waals surface area contributed by atoms with E-state index in [1.165, 1.54) is 13.1 Å². The van der Waals surface area contributed by atoms with Gasteiger partial charge < -0.3 is 15.0 Å². The monoisotopic (exact) mass is 333 g/mol. The molecule has 0 bridgehead atoms. The van der Waals surface area contributed by atoms with Crippen LogP contribution in [0.5, 0.6) is 0 Å². The van der Waals surface area contributed by atoms with E-state index in [2.05, 4.69) is 15.6 Å². The maximum atomic E-state index is 12.9. The first-order valence-corrected chi connectivity index (χ1v) is 7.50. The molecule has 1 N–H and O–H groups in total. The van der Waals surface area contributed by atoms with Crippen LogP contribution in [0.25, 0.3) is 0 Å². The molecule has 0 spiro atoms. The summed E-state index contributed by atoms with van der Waals surface area (Å²) in [6.07, 6.45) is -4.11. The van der Waals surface area contributed by atoms with Gasteiger partial charge >= 0.3 is 6.18 Å². The molecule has 10 heteroatoms. The second-order valence-electron chi connectivity index (χ2n) is 5.80. The molecule has 2 saturated heterocycles. The summed E-state index contributed by atoms with van der Waals surface area (Å²) in [5, 5.41) is 10.9. The fraction of sp³-hybridized carbons (Fsp3) is 0.769. The van der Waals surface area contributed by atoms with E-state index in [0.717, 1.165) is 24.4 Å². The van der Waals surface area contributed by atoms with Gasteiger partial charge in [-0.25, -0.2) is 4.68 Å². The van der Waals surface area contributed by atoms with E-state index in [0.29, 0.717) is 0 Å². The van der Waals surface area contributed by atoms with Crippen LogP contribution >= 0.6 is 0 Å². The summed E-state index contributed by atoms with van der Waals surface area (Å²) < 4.78 is 45.2. The van der Waals surface area contributed by atoms with Crippen LogP contribution in [0.4, 0.5) is 13.2 Å². The summed E-state index contributed by atoms with van der Waals surface area (Å²) in [5.74, 6) is -0.549. The largest absolute Gasteiger partial charge is 0.416 e. The zero-order valence-corrected chi connectivity index (χ0v) is 12.6. The number of halogens is 3. The predicted molar refractivity (Wildman–Crippen MR) is 72.8 cm³/mol. The van der Waals surface area contributed by atoms with E-state index in [1.54, 1.807) is 4.68 Å². The average molecular weight is 333 g/mol. The summed E-state index contributed by atoms with van der Waals surface area (Å²) in [6, 6.07) is -0.983. The van der Waals surface area contributed by atoms with E-state index in [4.69, 9.17) is 4.74 Å². The van der Waals surface area contributed by atoms with Crippen LogP contribution in [0.3, 0.4) is 0 Å². The van der Waals surface area contributed by atoms with Crippen molar-refractivity contribution in [1.29, 1.82) is 0 Å². The number of alkyl halides is 3. The van der Waals surface area contributed by atoms with Gasteiger partial charge in [0.05, 0.1) is 24.9 Å². The number of hydrogen-bond acceptors (Lipinski definition) is 5. The Morgan fingerprint density at radius 2 is 2.26 bits per heavy atom. The second kappa shape index (κ2) is 6.08. The quantitative estimate of drug-likeness (QED) is 0.858. The van der Waals surface area contributed by atoms with Gasteiger partial charge in [-0.1, -0.05) is 5.21 Å². The summed E-state index contributed by atoms with van der Waals surface area (Å²) >= 11 is 0. The van der Waals surface area contributed by atoms with Gasteiger partial charge in [0.25, 0.3) is 5.91 Å². The maximum absolute atomic E-state index is 12.9. The van der Waals surface area contributed by atoms with Gasteiger partial charge in [-0.3, -0.25) is 4.79 Å². The smallest absolute Gasteiger partial charge is 0.365 e. The molecule has 1 aromatic heterocycles. The molecular formula is C13H18F3N5O2. The minimum absolute atomic E-state index is 0.0616. The molecule has 0 aliphatic carbocycles. The van der Waals surface area contributed by atoms with Crippen LogP contribution in [-0.2, 0) is 4.74 Å². The Balaban J connectivity index is 1.74. The molecule has 0 saturated carbocycles. The van der Waals surface area contributed by atoms with Gasteiger partial charge in [-0.2, -0.15) is 13.2 Å². The standard InChI is InChI=1S/C13H18F3N5O2/c1-8-11(13(14,15)16)23-5-4-20(8)12(22)10-7-21(19-18-10)9-2-3-17-6-9/h7-9,11,17H,2-6H2,1H3/t8-,9?,11-/m1/s1. The van der Waals surface area contributed by atoms with Gasteiger partial charge in [0.15, 0.2) is 11.8 Å². The van der Waals surface area contributed by atoms with Gasteiger partial charge in [0.2, 0.25) is 0 Å². The van der Waals surface area contributed by atoms with Gasteiger partial charge in [0.1, 0.15) is 0 Å². The van der Waals surface area contributed by atoms with Crippen molar-refractivity contribution in [2.75, 3.05) is 26.2 Å². The Morgan fingerprint density at radius 1 is 1.48 bits per heavy atom. The van der Waals surface area contributed by atoms with E-state index in [-0.39, 0.29) is 24.9 Å². The lowest BCUT2D eigenvalue weighted by molar-refractivity contribution is -0.247. The summed E-state index contributed by atoms with van der Waals surface area (Å²) in [5.41, 5.74) is 0.0616. The Labute approximate surface area is 130 Å². The van der Waals surface area contributed by atoms with Crippen LogP contribution in [0.15, 0.2) is 6.20 Å². The molecule has 2 fully saturated rings. The number of carbonyl (C=O) groups is 1. The molecule has 3 atom stereocenters. The van der Waals surface area contributed by atoms with Crippen LogP contribution < -0.4 is 5.32 Å². The first-order valence-electron chi connectivity index (χ1n) is 7.50. The van der Waals surface area contributed by atoms with Crippen LogP contribution in [0.2, 0.25) is 0 Å². The Morgan fingerprint density at radius 3 is 2.91 bits per heavy atom. The molecule has 0 aromatic carbocycles. The van der Waals surface area contributed by atoms with Gasteiger partial charge in [-0.05, 0) is 19.9 Å². The van der Waals surface area contributed by atoms with E-state index in [9.17, 15) is 18.0 Å². The first-order chi connectivity index (χ1) is 10.9. The molecular weight excluding hydrogens is 315 g/mol. The summed E-state index contributed by atoms with van der Waals surface area (Å²) in [4.78, 5) is 13.6. The minimum Gasteiger partial charge on any atom is -0.365 e. The second-order valence-corrected chi connectivity index (χ2v) is 5.80. The summed E-state index contributed by atoms with van der Waals surface area (Å²) in [7, 11) is 0. The van der Waals surface area contributed by atoms with Crippen molar-refractivity contribution in [2.45, 2.75) is 37.7 Å². The van der Waals surface area contributed by atoms with Crippen LogP contribution in [0, 0.1) is 0 Å². The Hall–Kier alpha value is -1.68. The molecule has 1 unspecified atom stereocenters. The van der Waals surface area contributed by atoms with Crippen molar-refractivity contribution < 1.29 is 22.7 Å². The zero-order valence-electron chi connectivity index (χ0n) is 12.6. The first kappa shape index (κ1) is 16.2. The fourth-order valence-electron chi connectivity index (χ4n) is 3.00. The number of aromatic nitrogens is 3. The number of amides is 1. The molecule has 0 radical (unpaired) electrons. The van der Waals surface area contributed by atoms with Crippen molar-refractivity contribution in [3.63, 3.8) is 0 Å². The predicted octanol–water partition coefficient (Wildman–Crippen LogP) is 0.604. The Bertz CT molecular complexity index is 570. The normalized spacial score (nSPS) is 29.0. The minimum atomic E-state index is -4.51. The number of nitrogens with zero attached hydrogens (tertiary/aromatic N) is 4. The van der Waals surface area contributed by atoms with Crippen molar-refractivity contribution in [3.8, 4) is 0 Å². The lowest BCUT2D eigenvalue weighted by atomic mass is 10.1. The molecule has 1 aromatic rings. The van der Waals surface area contributed by atoms with Crippen molar-refractivity contribution in [1.82, 2.24) is 25.2 Å². The number of ether oxygens (including phenoxy) is 1. The summed E-state index contributed by atoms with van der Waals surface area (Å²) in [6.45, 7) is 2.88. The maximum Gasteiger partial charge on any atom is 0.416 e. The third-order valence-corrected chi connectivity index (χ3v) is 4.28. The van der Waals surface area contributed by atoms with E-state index < -0.39 is 24.2 Å².